The van der Waals surface area contributed by atoms with Crippen molar-refractivity contribution in [2.24, 2.45) is 5.73 Å². The molecule has 1 aromatic rings. The molecular formula is C14H24ClN7S. The van der Waals surface area contributed by atoms with E-state index in [2.05, 4.69) is 19.8 Å². The summed E-state index contributed by atoms with van der Waals surface area (Å²) in [5.41, 5.74) is 5.50. The van der Waals surface area contributed by atoms with Gasteiger partial charge in [-0.15, -0.1) is 12.4 Å². The van der Waals surface area contributed by atoms with Crippen LogP contribution in [0.1, 0.15) is 38.5 Å². The lowest BCUT2D eigenvalue weighted by atomic mass is 10.1. The molecule has 3 heterocycles. The van der Waals surface area contributed by atoms with Gasteiger partial charge in [0.15, 0.2) is 5.17 Å². The molecule has 0 bridgehead atoms. The molecule has 0 amide bonds. The first kappa shape index (κ1) is 18.1. The van der Waals surface area contributed by atoms with Crippen molar-refractivity contribution in [3.05, 3.63) is 0 Å². The van der Waals surface area contributed by atoms with Gasteiger partial charge in [0.2, 0.25) is 17.1 Å². The Morgan fingerprint density at radius 3 is 1.65 bits per heavy atom. The minimum Gasteiger partial charge on any atom is -0.378 e. The van der Waals surface area contributed by atoms with E-state index in [-0.39, 0.29) is 17.6 Å². The lowest BCUT2D eigenvalue weighted by Gasteiger charge is -2.30. The molecule has 0 radical (unpaired) electrons. The third kappa shape index (κ3) is 4.84. The molecule has 2 aliphatic rings. The standard InChI is InChI=1S/C14H23N7S.ClH/c15-11(16)22-14-18-12(20-7-3-1-4-8-20)17-13(19-14)21-9-5-2-6-10-21;/h1-10H2,(H3,15,16);1H. The number of nitrogens with zero attached hydrogens (tertiary/aromatic N) is 5. The summed E-state index contributed by atoms with van der Waals surface area (Å²) < 4.78 is 0. The van der Waals surface area contributed by atoms with Crippen molar-refractivity contribution in [1.82, 2.24) is 15.0 Å². The van der Waals surface area contributed by atoms with Gasteiger partial charge in [-0.1, -0.05) is 0 Å². The lowest BCUT2D eigenvalue weighted by Crippen LogP contribution is -2.34. The zero-order chi connectivity index (χ0) is 15.4. The molecule has 2 fully saturated rings. The average Bonchev–Trinajstić information content (AvgIpc) is 2.55. The third-order valence-corrected chi connectivity index (χ3v) is 4.66. The third-order valence-electron chi connectivity index (χ3n) is 4.07. The number of amidine groups is 1. The van der Waals surface area contributed by atoms with Gasteiger partial charge in [0.25, 0.3) is 0 Å². The topological polar surface area (TPSA) is 95.0 Å². The van der Waals surface area contributed by atoms with Gasteiger partial charge in [0.05, 0.1) is 0 Å². The van der Waals surface area contributed by atoms with Crippen molar-refractivity contribution >= 4 is 41.2 Å². The zero-order valence-corrected chi connectivity index (χ0v) is 14.8. The Morgan fingerprint density at radius 1 is 0.826 bits per heavy atom. The number of nitrogens with two attached hydrogens (primary N) is 1. The number of hydrogen-bond acceptors (Lipinski definition) is 7. The predicted molar refractivity (Wildman–Crippen MR) is 97.0 cm³/mol. The van der Waals surface area contributed by atoms with Crippen LogP contribution in [-0.4, -0.2) is 46.3 Å². The van der Waals surface area contributed by atoms with Crippen LogP contribution >= 0.6 is 24.2 Å². The maximum Gasteiger partial charge on any atom is 0.231 e. The van der Waals surface area contributed by atoms with Gasteiger partial charge in [-0.2, -0.15) is 15.0 Å². The fourth-order valence-corrected chi connectivity index (χ4v) is 3.40. The molecule has 2 aliphatic heterocycles. The summed E-state index contributed by atoms with van der Waals surface area (Å²) in [5.74, 6) is 1.47. The molecule has 128 valence electrons. The molecular weight excluding hydrogens is 334 g/mol. The van der Waals surface area contributed by atoms with E-state index in [4.69, 9.17) is 16.1 Å². The normalized spacial score (nSPS) is 18.4. The Labute approximate surface area is 147 Å². The molecule has 0 aromatic carbocycles. The number of aromatic nitrogens is 3. The Hall–Kier alpha value is -1.28. The maximum absolute atomic E-state index is 7.47. The maximum atomic E-state index is 7.47. The van der Waals surface area contributed by atoms with Crippen LogP contribution in [0.15, 0.2) is 5.16 Å². The van der Waals surface area contributed by atoms with Gasteiger partial charge < -0.3 is 15.5 Å². The van der Waals surface area contributed by atoms with E-state index >= 15 is 0 Å². The average molecular weight is 358 g/mol. The van der Waals surface area contributed by atoms with Crippen LogP contribution in [-0.2, 0) is 0 Å². The van der Waals surface area contributed by atoms with Gasteiger partial charge in [-0.05, 0) is 50.3 Å². The first-order chi connectivity index (χ1) is 10.7. The van der Waals surface area contributed by atoms with Crippen molar-refractivity contribution in [3.63, 3.8) is 0 Å². The van der Waals surface area contributed by atoms with Crippen LogP contribution in [0.2, 0.25) is 0 Å². The molecule has 3 rings (SSSR count). The molecule has 2 saturated heterocycles. The Balaban J connectivity index is 0.00000192. The highest BCUT2D eigenvalue weighted by Gasteiger charge is 2.20. The highest BCUT2D eigenvalue weighted by Crippen LogP contribution is 2.24. The van der Waals surface area contributed by atoms with E-state index in [9.17, 15) is 0 Å². The molecule has 3 N–H and O–H groups in total. The van der Waals surface area contributed by atoms with Gasteiger partial charge in [-0.3, -0.25) is 5.41 Å². The quantitative estimate of drug-likeness (QED) is 0.486. The first-order valence-electron chi connectivity index (χ1n) is 8.00. The number of hydrogen-bond donors (Lipinski definition) is 2. The summed E-state index contributed by atoms with van der Waals surface area (Å²) >= 11 is 1.10. The van der Waals surface area contributed by atoms with E-state index in [1.54, 1.807) is 0 Å². The lowest BCUT2D eigenvalue weighted by molar-refractivity contribution is 0.551. The van der Waals surface area contributed by atoms with Crippen LogP contribution in [0.3, 0.4) is 0 Å². The number of halogens is 1. The predicted octanol–water partition coefficient (Wildman–Crippen LogP) is 2.26. The Kier molecular flexibility index (Phi) is 6.71. The zero-order valence-electron chi connectivity index (χ0n) is 13.2. The second-order valence-electron chi connectivity index (χ2n) is 5.78. The van der Waals surface area contributed by atoms with Gasteiger partial charge >= 0.3 is 0 Å². The smallest absolute Gasteiger partial charge is 0.231 e. The highest BCUT2D eigenvalue weighted by atomic mass is 35.5. The van der Waals surface area contributed by atoms with Gasteiger partial charge in [0.1, 0.15) is 0 Å². The molecule has 0 saturated carbocycles. The van der Waals surface area contributed by atoms with Crippen LogP contribution in [0, 0.1) is 5.41 Å². The van der Waals surface area contributed by atoms with Gasteiger partial charge in [0, 0.05) is 26.2 Å². The van der Waals surface area contributed by atoms with Crippen molar-refractivity contribution in [3.8, 4) is 0 Å². The van der Waals surface area contributed by atoms with E-state index in [0.717, 1.165) is 49.8 Å². The van der Waals surface area contributed by atoms with Gasteiger partial charge in [-0.25, -0.2) is 0 Å². The van der Waals surface area contributed by atoms with E-state index < -0.39 is 0 Å². The van der Waals surface area contributed by atoms with Crippen LogP contribution in [0.25, 0.3) is 0 Å². The molecule has 7 nitrogen and oxygen atoms in total. The van der Waals surface area contributed by atoms with Crippen LogP contribution in [0.4, 0.5) is 11.9 Å². The number of thioether (sulfide) groups is 1. The number of piperidine rings is 2. The second kappa shape index (κ2) is 8.54. The van der Waals surface area contributed by atoms with E-state index in [1.165, 1.54) is 38.5 Å². The minimum atomic E-state index is 0. The Morgan fingerprint density at radius 2 is 1.26 bits per heavy atom. The fraction of sp³-hybridized carbons (Fsp3) is 0.714. The summed E-state index contributed by atoms with van der Waals surface area (Å²) in [7, 11) is 0. The number of rotatable bonds is 3. The molecule has 9 heteroatoms. The Bertz CT molecular complexity index is 494. The molecule has 0 spiro atoms. The van der Waals surface area contributed by atoms with Crippen molar-refractivity contribution in [1.29, 1.82) is 5.41 Å². The van der Waals surface area contributed by atoms with E-state index in [0.29, 0.717) is 5.16 Å². The van der Waals surface area contributed by atoms with E-state index in [1.807, 2.05) is 0 Å². The number of nitrogens with one attached hydrogen (secondary N) is 1. The summed E-state index contributed by atoms with van der Waals surface area (Å²) in [6, 6.07) is 0. The van der Waals surface area contributed by atoms with Crippen molar-refractivity contribution < 1.29 is 0 Å². The molecule has 23 heavy (non-hydrogen) atoms. The SMILES string of the molecule is Cl.N=C(N)Sc1nc(N2CCCCC2)nc(N2CCCCC2)n1. The summed E-state index contributed by atoms with van der Waals surface area (Å²) in [6.45, 7) is 3.97. The molecule has 1 aromatic heterocycles. The largest absolute Gasteiger partial charge is 0.378 e. The summed E-state index contributed by atoms with van der Waals surface area (Å²) in [4.78, 5) is 18.2. The summed E-state index contributed by atoms with van der Waals surface area (Å²) in [5, 5.41) is 8.02. The second-order valence-corrected chi connectivity index (χ2v) is 6.79. The van der Waals surface area contributed by atoms with Crippen molar-refractivity contribution in [2.75, 3.05) is 36.0 Å². The molecule has 0 atom stereocenters. The highest BCUT2D eigenvalue weighted by molar-refractivity contribution is 8.13. The van der Waals surface area contributed by atoms with Crippen LogP contribution < -0.4 is 15.5 Å². The minimum absolute atomic E-state index is 0. The molecule has 0 unspecified atom stereocenters. The first-order valence-corrected chi connectivity index (χ1v) is 8.82. The summed E-state index contributed by atoms with van der Waals surface area (Å²) in [6.07, 6.45) is 7.27. The number of anilines is 2. The monoisotopic (exact) mass is 357 g/mol. The fourth-order valence-electron chi connectivity index (χ4n) is 2.95. The van der Waals surface area contributed by atoms with Crippen molar-refractivity contribution in [2.45, 2.75) is 43.7 Å². The molecule has 0 aliphatic carbocycles. The van der Waals surface area contributed by atoms with Crippen LogP contribution in [0.5, 0.6) is 0 Å².